The van der Waals surface area contributed by atoms with Crippen LogP contribution in [0.5, 0.6) is 0 Å². The summed E-state index contributed by atoms with van der Waals surface area (Å²) in [4.78, 5) is 4.08. The van der Waals surface area contributed by atoms with E-state index in [4.69, 9.17) is 0 Å². The quantitative estimate of drug-likeness (QED) is 0.423. The minimum atomic E-state index is -5.54. The molecule has 25 heavy (non-hydrogen) atoms. The number of hydrogen-bond acceptors (Lipinski definition) is 2. The van der Waals surface area contributed by atoms with Gasteiger partial charge in [0.15, 0.2) is 0 Å². The average Bonchev–Trinajstić information content (AvgIpc) is 2.52. The third-order valence-corrected chi connectivity index (χ3v) is 4.63. The summed E-state index contributed by atoms with van der Waals surface area (Å²) < 4.78 is 81.2. The molecular weight excluding hydrogens is 350 g/mol. The minimum absolute atomic E-state index is 0.196. The number of nitrogens with one attached hydrogen (secondary N) is 1. The van der Waals surface area contributed by atoms with Crippen LogP contribution in [0.2, 0.25) is 0 Å². The van der Waals surface area contributed by atoms with E-state index < -0.39 is 24.5 Å². The molecule has 2 rings (SSSR count). The van der Waals surface area contributed by atoms with Crippen molar-refractivity contribution in [3.05, 3.63) is 0 Å². The molecule has 2 saturated carbocycles. The summed E-state index contributed by atoms with van der Waals surface area (Å²) in [5.41, 5.74) is 0. The Bertz CT molecular complexity index is 423. The maximum absolute atomic E-state index is 12.8. The summed E-state index contributed by atoms with van der Waals surface area (Å²) in [7, 11) is 0. The molecule has 0 saturated heterocycles. The van der Waals surface area contributed by atoms with Crippen LogP contribution in [-0.4, -0.2) is 36.6 Å². The molecule has 0 radical (unpaired) electrons. The first-order valence-corrected chi connectivity index (χ1v) is 8.80. The van der Waals surface area contributed by atoms with Crippen molar-refractivity contribution in [3.63, 3.8) is 0 Å². The molecule has 0 amide bonds. The normalized spacial score (nSPS) is 22.3. The number of ether oxygens (including phenoxy) is 1. The Morgan fingerprint density at radius 2 is 1.28 bits per heavy atom. The highest BCUT2D eigenvalue weighted by atomic mass is 19.4. The minimum Gasteiger partial charge on any atom is -0.442 e. The molecule has 146 valence electrons. The van der Waals surface area contributed by atoms with Crippen molar-refractivity contribution in [2.75, 3.05) is 0 Å². The molecule has 2 aliphatic rings. The molecule has 0 unspecified atom stereocenters. The van der Waals surface area contributed by atoms with Crippen LogP contribution in [0.3, 0.4) is 0 Å². The van der Waals surface area contributed by atoms with Crippen molar-refractivity contribution < 1.29 is 31.1 Å². The summed E-state index contributed by atoms with van der Waals surface area (Å²) in [6.07, 6.45) is -6.73. The molecule has 0 spiro atoms. The number of nitrogens with zero attached hydrogens (tertiary/aromatic N) is 1. The summed E-state index contributed by atoms with van der Waals surface area (Å²) in [6.45, 7) is 0. The molecule has 1 N–H and O–H groups in total. The van der Waals surface area contributed by atoms with E-state index in [2.05, 4.69) is 15.0 Å². The van der Waals surface area contributed by atoms with E-state index in [1.807, 2.05) is 0 Å². The van der Waals surface area contributed by atoms with Gasteiger partial charge in [-0.25, -0.2) is 4.99 Å². The molecular formula is C16H24F6N2O. The average molecular weight is 374 g/mol. The Morgan fingerprint density at radius 3 is 1.76 bits per heavy atom. The predicted octanol–water partition coefficient (Wildman–Crippen LogP) is 5.11. The fourth-order valence-corrected chi connectivity index (χ4v) is 3.33. The lowest BCUT2D eigenvalue weighted by molar-refractivity contribution is -0.304. The van der Waals surface area contributed by atoms with Gasteiger partial charge in [-0.05, 0) is 25.7 Å². The summed E-state index contributed by atoms with van der Waals surface area (Å²) in [5.74, 6) is 0. The van der Waals surface area contributed by atoms with Crippen LogP contribution in [0.15, 0.2) is 4.99 Å². The number of amidine groups is 1. The maximum Gasteiger partial charge on any atom is 0.434 e. The second-order valence-electron chi connectivity index (χ2n) is 6.79. The van der Waals surface area contributed by atoms with Crippen molar-refractivity contribution >= 4 is 6.02 Å². The zero-order valence-electron chi connectivity index (χ0n) is 13.9. The fraction of sp³-hybridized carbons (Fsp3) is 0.938. The van der Waals surface area contributed by atoms with Crippen LogP contribution in [0.25, 0.3) is 0 Å². The zero-order valence-corrected chi connectivity index (χ0v) is 13.9. The first-order chi connectivity index (χ1) is 11.7. The molecule has 2 aliphatic carbocycles. The molecule has 0 heterocycles. The van der Waals surface area contributed by atoms with E-state index >= 15 is 0 Å². The van der Waals surface area contributed by atoms with E-state index in [-0.39, 0.29) is 12.1 Å². The van der Waals surface area contributed by atoms with Gasteiger partial charge in [-0.3, -0.25) is 0 Å². The lowest BCUT2D eigenvalue weighted by atomic mass is 9.95. The topological polar surface area (TPSA) is 33.6 Å². The SMILES string of the molecule is FC(F)(F)C(OC(=NC1CCCCC1)NC1CCCCC1)C(F)(F)F. The van der Waals surface area contributed by atoms with Crippen molar-refractivity contribution in [2.24, 2.45) is 4.99 Å². The molecule has 0 atom stereocenters. The fourth-order valence-electron chi connectivity index (χ4n) is 3.33. The van der Waals surface area contributed by atoms with Gasteiger partial charge in [0.25, 0.3) is 12.1 Å². The molecule has 0 aromatic carbocycles. The molecule has 0 aromatic rings. The van der Waals surface area contributed by atoms with Gasteiger partial charge in [0.1, 0.15) is 0 Å². The Kier molecular flexibility index (Phi) is 6.85. The van der Waals surface area contributed by atoms with E-state index in [0.717, 1.165) is 38.5 Å². The van der Waals surface area contributed by atoms with Crippen LogP contribution in [-0.2, 0) is 4.74 Å². The third-order valence-electron chi connectivity index (χ3n) is 4.63. The molecule has 3 nitrogen and oxygen atoms in total. The van der Waals surface area contributed by atoms with E-state index in [0.29, 0.717) is 25.7 Å². The zero-order chi connectivity index (χ0) is 18.5. The van der Waals surface area contributed by atoms with E-state index in [1.165, 1.54) is 0 Å². The summed E-state index contributed by atoms with van der Waals surface area (Å²) >= 11 is 0. The van der Waals surface area contributed by atoms with Crippen molar-refractivity contribution in [1.29, 1.82) is 0 Å². The largest absolute Gasteiger partial charge is 0.442 e. The standard InChI is InChI=1S/C16H24F6N2O/c17-15(18,19)13(16(20,21)22)25-14(23-11-7-3-1-4-8-11)24-12-9-5-2-6-10-12/h11-13H,1-10H2,(H,23,24). The number of hydrogen-bond donors (Lipinski definition) is 1. The smallest absolute Gasteiger partial charge is 0.434 e. The lowest BCUT2D eigenvalue weighted by Crippen LogP contribution is -2.49. The van der Waals surface area contributed by atoms with Gasteiger partial charge in [0.05, 0.1) is 6.04 Å². The van der Waals surface area contributed by atoms with Gasteiger partial charge in [0, 0.05) is 6.04 Å². The van der Waals surface area contributed by atoms with Crippen LogP contribution >= 0.6 is 0 Å². The highest BCUT2D eigenvalue weighted by Crippen LogP contribution is 2.36. The molecule has 9 heteroatoms. The Morgan fingerprint density at radius 1 is 0.800 bits per heavy atom. The number of alkyl halides is 6. The third kappa shape index (κ3) is 6.58. The van der Waals surface area contributed by atoms with Gasteiger partial charge in [-0.15, -0.1) is 0 Å². The van der Waals surface area contributed by atoms with Gasteiger partial charge in [-0.2, -0.15) is 26.3 Å². The van der Waals surface area contributed by atoms with Gasteiger partial charge in [-0.1, -0.05) is 38.5 Å². The summed E-state index contributed by atoms with van der Waals surface area (Å²) in [6, 6.07) is -1.10. The highest BCUT2D eigenvalue weighted by Gasteiger charge is 2.59. The Hall–Kier alpha value is -1.15. The molecule has 2 fully saturated rings. The number of aliphatic imine (C=N–C) groups is 1. The first-order valence-electron chi connectivity index (χ1n) is 8.80. The number of halogens is 6. The maximum atomic E-state index is 12.8. The van der Waals surface area contributed by atoms with Crippen molar-refractivity contribution in [2.45, 2.75) is 94.7 Å². The number of rotatable bonds is 3. The van der Waals surface area contributed by atoms with Gasteiger partial charge < -0.3 is 10.1 Å². The Balaban J connectivity index is 2.15. The van der Waals surface area contributed by atoms with Gasteiger partial charge >= 0.3 is 12.4 Å². The van der Waals surface area contributed by atoms with Crippen LogP contribution in [0.1, 0.15) is 64.2 Å². The highest BCUT2D eigenvalue weighted by molar-refractivity contribution is 5.74. The van der Waals surface area contributed by atoms with Crippen LogP contribution in [0.4, 0.5) is 26.3 Å². The molecule has 0 bridgehead atoms. The van der Waals surface area contributed by atoms with Gasteiger partial charge in [0.2, 0.25) is 0 Å². The van der Waals surface area contributed by atoms with Crippen molar-refractivity contribution in [3.8, 4) is 0 Å². The van der Waals surface area contributed by atoms with E-state index in [1.54, 1.807) is 0 Å². The predicted molar refractivity (Wildman–Crippen MR) is 81.3 cm³/mol. The first kappa shape index (κ1) is 20.2. The second-order valence-corrected chi connectivity index (χ2v) is 6.79. The Labute approximate surface area is 143 Å². The molecule has 0 aliphatic heterocycles. The van der Waals surface area contributed by atoms with Crippen molar-refractivity contribution in [1.82, 2.24) is 5.32 Å². The second kappa shape index (κ2) is 8.49. The summed E-state index contributed by atoms with van der Waals surface area (Å²) in [5, 5.41) is 2.71. The van der Waals surface area contributed by atoms with Crippen LogP contribution in [0, 0.1) is 0 Å². The monoisotopic (exact) mass is 374 g/mol. The van der Waals surface area contributed by atoms with Crippen LogP contribution < -0.4 is 5.32 Å². The van der Waals surface area contributed by atoms with E-state index in [9.17, 15) is 26.3 Å². The lowest BCUT2D eigenvalue weighted by Gasteiger charge is -2.29. The molecule has 0 aromatic heterocycles.